The number of hydrogen-bond donors (Lipinski definition) is 1. The largest absolute Gasteiger partial charge is 0.459 e. The molecular formula is C21H18FNO4. The number of hydrogen-bond acceptors (Lipinski definition) is 4. The maximum atomic E-state index is 13.3. The highest BCUT2D eigenvalue weighted by Gasteiger charge is 2.24. The van der Waals surface area contributed by atoms with E-state index in [1.807, 2.05) is 30.3 Å². The van der Waals surface area contributed by atoms with Crippen LogP contribution >= 0.6 is 0 Å². The Hall–Kier alpha value is -3.41. The van der Waals surface area contributed by atoms with Gasteiger partial charge >= 0.3 is 5.97 Å². The van der Waals surface area contributed by atoms with Gasteiger partial charge in [0, 0.05) is 6.42 Å². The Bertz CT molecular complexity index is 894. The lowest BCUT2D eigenvalue weighted by atomic mass is 10.1. The summed E-state index contributed by atoms with van der Waals surface area (Å²) in [6, 6.07) is 17.3. The predicted molar refractivity (Wildman–Crippen MR) is 96.3 cm³/mol. The van der Waals surface area contributed by atoms with Crippen molar-refractivity contribution >= 4 is 11.9 Å². The molecule has 0 spiro atoms. The molecule has 1 atom stereocenters. The molecule has 0 aliphatic heterocycles. The molecule has 3 rings (SSSR count). The molecule has 27 heavy (non-hydrogen) atoms. The van der Waals surface area contributed by atoms with E-state index in [4.69, 9.17) is 9.15 Å². The number of rotatable bonds is 7. The minimum absolute atomic E-state index is 0.0848. The number of ether oxygens (including phenoxy) is 1. The molecule has 138 valence electrons. The molecule has 3 aromatic rings. The van der Waals surface area contributed by atoms with Crippen LogP contribution in [0.3, 0.4) is 0 Å². The third-order valence-electron chi connectivity index (χ3n) is 3.89. The van der Waals surface area contributed by atoms with Gasteiger partial charge in [-0.05, 0) is 35.4 Å². The van der Waals surface area contributed by atoms with Gasteiger partial charge in [0.25, 0.3) is 5.91 Å². The lowest BCUT2D eigenvalue weighted by Crippen LogP contribution is -2.43. The van der Waals surface area contributed by atoms with Crippen molar-refractivity contribution in [3.05, 3.63) is 95.7 Å². The molecule has 6 heteroatoms. The zero-order chi connectivity index (χ0) is 19.1. The zero-order valence-electron chi connectivity index (χ0n) is 14.4. The summed E-state index contributed by atoms with van der Waals surface area (Å²) >= 11 is 0. The summed E-state index contributed by atoms with van der Waals surface area (Å²) in [5, 5.41) is 2.63. The molecule has 1 unspecified atom stereocenters. The molecule has 0 saturated carbocycles. The summed E-state index contributed by atoms with van der Waals surface area (Å²) in [4.78, 5) is 24.8. The van der Waals surface area contributed by atoms with Gasteiger partial charge in [-0.2, -0.15) is 0 Å². The predicted octanol–water partition coefficient (Wildman–Crippen LogP) is 3.50. The number of carbonyl (C=O) groups excluding carboxylic acids is 2. The van der Waals surface area contributed by atoms with Crippen molar-refractivity contribution in [2.75, 3.05) is 0 Å². The van der Waals surface area contributed by atoms with Crippen molar-refractivity contribution in [2.45, 2.75) is 19.1 Å². The van der Waals surface area contributed by atoms with Crippen LogP contribution in [0.15, 0.2) is 77.4 Å². The SMILES string of the molecule is O=C(NC(Cc1ccccc1)C(=O)OCc1cccc(F)c1)c1ccco1. The first-order valence-electron chi connectivity index (χ1n) is 8.41. The van der Waals surface area contributed by atoms with Crippen LogP contribution in [0.2, 0.25) is 0 Å². The summed E-state index contributed by atoms with van der Waals surface area (Å²) in [5.41, 5.74) is 1.39. The summed E-state index contributed by atoms with van der Waals surface area (Å²) in [5.74, 6) is -1.42. The van der Waals surface area contributed by atoms with Crippen LogP contribution in [0.25, 0.3) is 0 Å². The fourth-order valence-corrected chi connectivity index (χ4v) is 2.56. The number of benzene rings is 2. The minimum Gasteiger partial charge on any atom is -0.459 e. The molecule has 0 saturated heterocycles. The van der Waals surface area contributed by atoms with Crippen molar-refractivity contribution < 1.29 is 23.1 Å². The van der Waals surface area contributed by atoms with Gasteiger partial charge in [-0.1, -0.05) is 42.5 Å². The van der Waals surface area contributed by atoms with Gasteiger partial charge in [-0.15, -0.1) is 0 Å². The van der Waals surface area contributed by atoms with Crippen molar-refractivity contribution in [3.8, 4) is 0 Å². The smallest absolute Gasteiger partial charge is 0.329 e. The van der Waals surface area contributed by atoms with Crippen LogP contribution in [-0.4, -0.2) is 17.9 Å². The highest BCUT2D eigenvalue weighted by molar-refractivity contribution is 5.94. The van der Waals surface area contributed by atoms with E-state index in [9.17, 15) is 14.0 Å². The average molecular weight is 367 g/mol. The highest BCUT2D eigenvalue weighted by atomic mass is 19.1. The first kappa shape index (κ1) is 18.4. The van der Waals surface area contributed by atoms with Gasteiger partial charge in [0.1, 0.15) is 18.5 Å². The number of halogens is 1. The van der Waals surface area contributed by atoms with Crippen molar-refractivity contribution in [2.24, 2.45) is 0 Å². The Balaban J connectivity index is 1.69. The molecule has 1 heterocycles. The molecule has 0 aliphatic rings. The lowest BCUT2D eigenvalue weighted by molar-refractivity contribution is -0.147. The first-order valence-corrected chi connectivity index (χ1v) is 8.41. The van der Waals surface area contributed by atoms with E-state index in [2.05, 4.69) is 5.32 Å². The lowest BCUT2D eigenvalue weighted by Gasteiger charge is -2.17. The second-order valence-corrected chi connectivity index (χ2v) is 5.93. The number of furan rings is 1. The molecule has 0 fully saturated rings. The van der Waals surface area contributed by atoms with Crippen LogP contribution in [0.4, 0.5) is 4.39 Å². The van der Waals surface area contributed by atoms with Gasteiger partial charge in [0.05, 0.1) is 6.26 Å². The van der Waals surface area contributed by atoms with Gasteiger partial charge in [0.15, 0.2) is 5.76 Å². The maximum Gasteiger partial charge on any atom is 0.329 e. The van der Waals surface area contributed by atoms with Crippen LogP contribution in [0, 0.1) is 5.82 Å². The fourth-order valence-electron chi connectivity index (χ4n) is 2.56. The zero-order valence-corrected chi connectivity index (χ0v) is 14.4. The Morgan fingerprint density at radius 2 is 1.78 bits per heavy atom. The summed E-state index contributed by atoms with van der Waals surface area (Å²) in [7, 11) is 0. The maximum absolute atomic E-state index is 13.3. The molecular weight excluding hydrogens is 349 g/mol. The molecule has 0 radical (unpaired) electrons. The second-order valence-electron chi connectivity index (χ2n) is 5.93. The normalized spacial score (nSPS) is 11.6. The van der Waals surface area contributed by atoms with E-state index in [0.717, 1.165) is 5.56 Å². The summed E-state index contributed by atoms with van der Waals surface area (Å²) in [6.07, 6.45) is 1.64. The van der Waals surface area contributed by atoms with E-state index in [1.54, 1.807) is 18.2 Å². The van der Waals surface area contributed by atoms with E-state index in [0.29, 0.717) is 5.56 Å². The van der Waals surface area contributed by atoms with E-state index < -0.39 is 23.7 Å². The van der Waals surface area contributed by atoms with Crippen LogP contribution < -0.4 is 5.32 Å². The molecule has 1 N–H and O–H groups in total. The number of carbonyl (C=O) groups is 2. The Morgan fingerprint density at radius 3 is 2.48 bits per heavy atom. The average Bonchev–Trinajstić information content (AvgIpc) is 3.21. The van der Waals surface area contributed by atoms with Crippen LogP contribution in [0.1, 0.15) is 21.7 Å². The van der Waals surface area contributed by atoms with Crippen molar-refractivity contribution in [1.82, 2.24) is 5.32 Å². The van der Waals surface area contributed by atoms with E-state index in [1.165, 1.54) is 24.5 Å². The Labute approximate surface area is 155 Å². The van der Waals surface area contributed by atoms with Gasteiger partial charge < -0.3 is 14.5 Å². The van der Waals surface area contributed by atoms with E-state index in [-0.39, 0.29) is 18.8 Å². The molecule has 0 aliphatic carbocycles. The topological polar surface area (TPSA) is 68.5 Å². The monoisotopic (exact) mass is 367 g/mol. The summed E-state index contributed by atoms with van der Waals surface area (Å²) in [6.45, 7) is -0.0848. The van der Waals surface area contributed by atoms with Gasteiger partial charge in [0.2, 0.25) is 0 Å². The van der Waals surface area contributed by atoms with E-state index >= 15 is 0 Å². The highest BCUT2D eigenvalue weighted by Crippen LogP contribution is 2.10. The fraction of sp³-hybridized carbons (Fsp3) is 0.143. The van der Waals surface area contributed by atoms with Gasteiger partial charge in [-0.3, -0.25) is 4.79 Å². The van der Waals surface area contributed by atoms with Crippen LogP contribution in [0.5, 0.6) is 0 Å². The second kappa shape index (κ2) is 8.80. The standard InChI is InChI=1S/C21H18FNO4/c22-17-9-4-8-16(12-17)14-27-21(25)18(13-15-6-2-1-3-7-15)23-20(24)19-10-5-11-26-19/h1-12,18H,13-14H2,(H,23,24). The summed E-state index contributed by atoms with van der Waals surface area (Å²) < 4.78 is 23.6. The Morgan fingerprint density at radius 1 is 1.00 bits per heavy atom. The third-order valence-corrected chi connectivity index (χ3v) is 3.89. The third kappa shape index (κ3) is 5.28. The number of amides is 1. The molecule has 2 aromatic carbocycles. The molecule has 1 amide bonds. The Kier molecular flexibility index (Phi) is 5.99. The number of nitrogens with one attached hydrogen (secondary N) is 1. The minimum atomic E-state index is -0.904. The first-order chi connectivity index (χ1) is 13.1. The van der Waals surface area contributed by atoms with Crippen LogP contribution in [-0.2, 0) is 22.6 Å². The quantitative estimate of drug-likeness (QED) is 0.649. The molecule has 0 bridgehead atoms. The van der Waals surface area contributed by atoms with Gasteiger partial charge in [-0.25, -0.2) is 9.18 Å². The van der Waals surface area contributed by atoms with Crippen molar-refractivity contribution in [1.29, 1.82) is 0 Å². The molecule has 1 aromatic heterocycles. The molecule has 5 nitrogen and oxygen atoms in total. The number of esters is 1. The van der Waals surface area contributed by atoms with Crippen molar-refractivity contribution in [3.63, 3.8) is 0 Å².